The van der Waals surface area contributed by atoms with Gasteiger partial charge in [0.25, 0.3) is 0 Å². The third-order valence-electron chi connectivity index (χ3n) is 2.31. The molecule has 0 spiro atoms. The van der Waals surface area contributed by atoms with E-state index in [1.807, 2.05) is 12.1 Å². The van der Waals surface area contributed by atoms with Crippen LogP contribution in [0.5, 0.6) is 0 Å². The summed E-state index contributed by atoms with van der Waals surface area (Å²) in [5.41, 5.74) is 2.33. The van der Waals surface area contributed by atoms with Crippen molar-refractivity contribution in [3.8, 4) is 11.1 Å². The normalized spacial score (nSPS) is 9.12. The highest BCUT2D eigenvalue weighted by atomic mass is 14.9. The van der Waals surface area contributed by atoms with E-state index < -0.39 is 0 Å². The highest BCUT2D eigenvalue weighted by Crippen LogP contribution is 2.36. The number of benzene rings is 2. The number of rotatable bonds is 1. The summed E-state index contributed by atoms with van der Waals surface area (Å²) in [6.45, 7) is 0. The van der Waals surface area contributed by atoms with Crippen LogP contribution >= 0.6 is 0 Å². The molecule has 0 aromatic heterocycles. The SMILES string of the molecule is N#[N+]c1ccccc1-c1ccccc1[N+]#N. The fourth-order valence-electron chi connectivity index (χ4n) is 1.58. The quantitative estimate of drug-likeness (QED) is 0.655. The van der Waals surface area contributed by atoms with Gasteiger partial charge in [-0.25, -0.2) is 0 Å². The van der Waals surface area contributed by atoms with Gasteiger partial charge in [0.05, 0.1) is 11.1 Å². The smallest absolute Gasteiger partial charge is 0.0611 e. The molecule has 0 saturated carbocycles. The van der Waals surface area contributed by atoms with E-state index >= 15 is 0 Å². The van der Waals surface area contributed by atoms with E-state index in [1.54, 1.807) is 36.4 Å². The van der Waals surface area contributed by atoms with Crippen molar-refractivity contribution in [2.75, 3.05) is 0 Å². The van der Waals surface area contributed by atoms with Gasteiger partial charge in [0, 0.05) is 12.1 Å². The summed E-state index contributed by atoms with van der Waals surface area (Å²) < 4.78 is 0. The first-order valence-corrected chi connectivity index (χ1v) is 4.75. The molecule has 0 heterocycles. The summed E-state index contributed by atoms with van der Waals surface area (Å²) in [5, 5.41) is 17.8. The highest BCUT2D eigenvalue weighted by Gasteiger charge is 2.22. The Balaban J connectivity index is 2.70. The van der Waals surface area contributed by atoms with Crippen molar-refractivity contribution < 1.29 is 0 Å². The molecular weight excluding hydrogens is 200 g/mol. The highest BCUT2D eigenvalue weighted by molar-refractivity contribution is 5.86. The van der Waals surface area contributed by atoms with E-state index in [-0.39, 0.29) is 0 Å². The lowest BCUT2D eigenvalue weighted by Crippen LogP contribution is -1.77. The largest absolute Gasteiger partial charge is 0.393 e. The number of nitrogens with zero attached hydrogens (tertiary/aromatic N) is 4. The van der Waals surface area contributed by atoms with Crippen LogP contribution in [-0.2, 0) is 0 Å². The minimum Gasteiger partial charge on any atom is -0.0611 e. The summed E-state index contributed by atoms with van der Waals surface area (Å²) in [5.74, 6) is 0. The molecule has 0 N–H and O–H groups in total. The van der Waals surface area contributed by atoms with Gasteiger partial charge in [0.1, 0.15) is 0 Å². The molecule has 0 aliphatic rings. The second kappa shape index (κ2) is 4.20. The lowest BCUT2D eigenvalue weighted by Gasteiger charge is -1.94. The molecule has 2 aromatic carbocycles. The first kappa shape index (κ1) is 9.82. The van der Waals surface area contributed by atoms with Gasteiger partial charge in [-0.1, -0.05) is 24.3 Å². The van der Waals surface area contributed by atoms with Crippen molar-refractivity contribution in [1.29, 1.82) is 10.8 Å². The van der Waals surface area contributed by atoms with Crippen LogP contribution in [0.3, 0.4) is 0 Å². The summed E-state index contributed by atoms with van der Waals surface area (Å²) in [7, 11) is 0. The van der Waals surface area contributed by atoms with Crippen LogP contribution in [0.4, 0.5) is 11.4 Å². The third kappa shape index (κ3) is 1.60. The first-order chi connectivity index (χ1) is 7.86. The Morgan fingerprint density at radius 3 is 1.38 bits per heavy atom. The molecule has 16 heavy (non-hydrogen) atoms. The first-order valence-electron chi connectivity index (χ1n) is 4.75. The second-order valence-corrected chi connectivity index (χ2v) is 3.23. The zero-order valence-electron chi connectivity index (χ0n) is 8.41. The van der Waals surface area contributed by atoms with Crippen LogP contribution < -0.4 is 0 Å². The van der Waals surface area contributed by atoms with Crippen LogP contribution in [0.1, 0.15) is 0 Å². The molecule has 0 bridgehead atoms. The van der Waals surface area contributed by atoms with Gasteiger partial charge in [-0.3, -0.25) is 0 Å². The Kier molecular flexibility index (Phi) is 2.58. The zero-order chi connectivity index (χ0) is 11.4. The van der Waals surface area contributed by atoms with Crippen LogP contribution in [0.2, 0.25) is 0 Å². The predicted molar refractivity (Wildman–Crippen MR) is 61.4 cm³/mol. The maximum atomic E-state index is 8.88. The van der Waals surface area contributed by atoms with E-state index in [0.29, 0.717) is 11.4 Å². The number of diazo groups is 2. The minimum absolute atomic E-state index is 0.443. The van der Waals surface area contributed by atoms with Gasteiger partial charge in [0.2, 0.25) is 10.8 Å². The topological polar surface area (TPSA) is 56.3 Å². The molecule has 2 rings (SSSR count). The molecule has 0 amide bonds. The monoisotopic (exact) mass is 208 g/mol. The number of hydrogen-bond acceptors (Lipinski definition) is 2. The van der Waals surface area contributed by atoms with Gasteiger partial charge in [-0.15, -0.1) is 0 Å². The molecule has 2 aromatic rings. The zero-order valence-corrected chi connectivity index (χ0v) is 8.41. The molecule has 0 aliphatic carbocycles. The molecule has 0 fully saturated rings. The summed E-state index contributed by atoms with van der Waals surface area (Å²) in [6, 6.07) is 14.2. The van der Waals surface area contributed by atoms with E-state index in [2.05, 4.69) is 9.95 Å². The van der Waals surface area contributed by atoms with Crippen LogP contribution in [0.25, 0.3) is 21.1 Å². The van der Waals surface area contributed by atoms with Gasteiger partial charge in [-0.05, 0) is 12.1 Å². The van der Waals surface area contributed by atoms with E-state index in [1.165, 1.54) is 0 Å². The van der Waals surface area contributed by atoms with E-state index in [0.717, 1.165) is 11.1 Å². The van der Waals surface area contributed by atoms with Crippen LogP contribution in [0, 0.1) is 10.8 Å². The minimum atomic E-state index is 0.443. The Hall–Kier alpha value is -2.72. The average molecular weight is 208 g/mol. The lowest BCUT2D eigenvalue weighted by atomic mass is 10.0. The second-order valence-electron chi connectivity index (χ2n) is 3.23. The molecule has 0 saturated heterocycles. The Labute approximate surface area is 92.4 Å². The standard InChI is InChI=1S/C12H8N4/c13-15-11-7-3-1-5-9(11)10-6-2-4-8-12(10)16-14/h1-8H/q+2. The van der Waals surface area contributed by atoms with Crippen LogP contribution in [0.15, 0.2) is 48.5 Å². The van der Waals surface area contributed by atoms with Crippen molar-refractivity contribution >= 4 is 11.4 Å². The van der Waals surface area contributed by atoms with Crippen molar-refractivity contribution in [2.24, 2.45) is 0 Å². The fourth-order valence-corrected chi connectivity index (χ4v) is 1.58. The molecule has 0 radical (unpaired) electrons. The molecule has 4 heteroatoms. The molecular formula is C12H8N4+2. The molecule has 0 atom stereocenters. The maximum absolute atomic E-state index is 8.88. The Morgan fingerprint density at radius 2 is 1.00 bits per heavy atom. The Bertz CT molecular complexity index is 549. The molecule has 4 nitrogen and oxygen atoms in total. The Morgan fingerprint density at radius 1 is 0.625 bits per heavy atom. The fraction of sp³-hybridized carbons (Fsp3) is 0. The summed E-state index contributed by atoms with van der Waals surface area (Å²) in [4.78, 5) is 6.40. The van der Waals surface area contributed by atoms with Crippen molar-refractivity contribution in [3.05, 3.63) is 58.5 Å². The molecule has 74 valence electrons. The molecule has 0 aliphatic heterocycles. The van der Waals surface area contributed by atoms with Gasteiger partial charge < -0.3 is 0 Å². The number of hydrogen-bond donors (Lipinski definition) is 0. The van der Waals surface area contributed by atoms with Gasteiger partial charge in [-0.2, -0.15) is 0 Å². The van der Waals surface area contributed by atoms with Crippen LogP contribution in [-0.4, -0.2) is 0 Å². The molecule has 0 unspecified atom stereocenters. The van der Waals surface area contributed by atoms with Gasteiger partial charge >= 0.3 is 11.4 Å². The summed E-state index contributed by atoms with van der Waals surface area (Å²) in [6.07, 6.45) is 0. The van der Waals surface area contributed by atoms with E-state index in [9.17, 15) is 0 Å². The van der Waals surface area contributed by atoms with Gasteiger partial charge in [0.15, 0.2) is 9.95 Å². The third-order valence-corrected chi connectivity index (χ3v) is 2.31. The van der Waals surface area contributed by atoms with Crippen molar-refractivity contribution in [1.82, 2.24) is 0 Å². The average Bonchev–Trinajstić information content (AvgIpc) is 2.38. The van der Waals surface area contributed by atoms with E-state index in [4.69, 9.17) is 10.8 Å². The lowest BCUT2D eigenvalue weighted by molar-refractivity contribution is 1.45. The van der Waals surface area contributed by atoms with Crippen molar-refractivity contribution in [2.45, 2.75) is 0 Å². The summed E-state index contributed by atoms with van der Waals surface area (Å²) >= 11 is 0. The van der Waals surface area contributed by atoms with Crippen molar-refractivity contribution in [3.63, 3.8) is 0 Å². The maximum Gasteiger partial charge on any atom is 0.393 e. The predicted octanol–water partition coefficient (Wildman–Crippen LogP) is 4.32.